The maximum absolute atomic E-state index is 9.51. The molecule has 2 aliphatic heterocycles. The molecule has 0 unspecified atom stereocenters. The third kappa shape index (κ3) is 6.11. The minimum Gasteiger partial charge on any atom is -0.493 e. The van der Waals surface area contributed by atoms with Crippen LogP contribution in [0, 0.1) is 28.1 Å². The largest absolute Gasteiger partial charge is 0.493 e. The van der Waals surface area contributed by atoms with Gasteiger partial charge in [0.05, 0.1) is 6.61 Å². The van der Waals surface area contributed by atoms with Crippen molar-refractivity contribution in [2.45, 2.75) is 111 Å². The highest BCUT2D eigenvalue weighted by Crippen LogP contribution is 2.54. The molecule has 0 saturated heterocycles. The van der Waals surface area contributed by atoms with Crippen molar-refractivity contribution in [2.24, 2.45) is 5.41 Å². The van der Waals surface area contributed by atoms with Gasteiger partial charge >= 0.3 is 0 Å². The number of allylic oxidation sites excluding steroid dienone is 5. The van der Waals surface area contributed by atoms with Crippen molar-refractivity contribution < 1.29 is 4.74 Å². The quantitative estimate of drug-likeness (QED) is 0.251. The summed E-state index contributed by atoms with van der Waals surface area (Å²) in [6, 6.07) is 6.60. The molecule has 2 heterocycles. The van der Waals surface area contributed by atoms with Crippen molar-refractivity contribution in [3.63, 3.8) is 0 Å². The summed E-state index contributed by atoms with van der Waals surface area (Å²) < 4.78 is 6.74. The van der Waals surface area contributed by atoms with Crippen molar-refractivity contribution in [1.82, 2.24) is 0 Å². The van der Waals surface area contributed by atoms with E-state index < -0.39 is 0 Å². The van der Waals surface area contributed by atoms with Crippen LogP contribution in [-0.4, -0.2) is 19.7 Å². The summed E-state index contributed by atoms with van der Waals surface area (Å²) in [5, 5.41) is 19.0. The van der Waals surface area contributed by atoms with Gasteiger partial charge in [0.15, 0.2) is 0 Å². The van der Waals surface area contributed by atoms with Crippen LogP contribution >= 0.6 is 0 Å². The molecule has 4 rings (SSSR count). The summed E-state index contributed by atoms with van der Waals surface area (Å²) in [6.45, 7) is 19.2. The van der Waals surface area contributed by atoms with Gasteiger partial charge in [0.2, 0.25) is 0 Å². The minimum atomic E-state index is -0.00630. The second kappa shape index (κ2) is 11.3. The Labute approximate surface area is 237 Å². The van der Waals surface area contributed by atoms with E-state index in [1.165, 1.54) is 36.1 Å². The smallest absolute Gasteiger partial charge is 0.132 e. The Kier molecular flexibility index (Phi) is 8.37. The molecule has 0 saturated carbocycles. The highest BCUT2D eigenvalue weighted by molar-refractivity contribution is 5.78. The average molecular weight is 526 g/mol. The Morgan fingerprint density at radius 2 is 1.64 bits per heavy atom. The molecule has 0 atom stereocenters. The molecule has 39 heavy (non-hydrogen) atoms. The molecule has 1 aliphatic carbocycles. The van der Waals surface area contributed by atoms with Gasteiger partial charge in [0.1, 0.15) is 23.5 Å². The summed E-state index contributed by atoms with van der Waals surface area (Å²) in [5.74, 6) is 1.05. The van der Waals surface area contributed by atoms with Gasteiger partial charge in [0.25, 0.3) is 0 Å². The Balaban J connectivity index is 1.84. The number of ether oxygens (including phenoxy) is 1. The highest BCUT2D eigenvalue weighted by atomic mass is 16.5. The fourth-order valence-electron chi connectivity index (χ4n) is 6.64. The van der Waals surface area contributed by atoms with E-state index in [-0.39, 0.29) is 21.8 Å². The van der Waals surface area contributed by atoms with Crippen LogP contribution in [0.4, 0.5) is 5.69 Å². The number of rotatable bonds is 8. The predicted octanol–water partition coefficient (Wildman–Crippen LogP) is 8.92. The van der Waals surface area contributed by atoms with Crippen LogP contribution in [0.25, 0.3) is 6.08 Å². The molecule has 1 aromatic rings. The molecule has 208 valence electrons. The van der Waals surface area contributed by atoms with E-state index in [1.54, 1.807) is 0 Å². The number of hydrogen-bond donors (Lipinski definition) is 0. The highest BCUT2D eigenvalue weighted by Gasteiger charge is 2.42. The number of benzene rings is 1. The molecule has 0 fully saturated rings. The molecular weight excluding hydrogens is 478 g/mol. The Morgan fingerprint density at radius 3 is 2.31 bits per heavy atom. The van der Waals surface area contributed by atoms with Crippen LogP contribution in [0.2, 0.25) is 0 Å². The monoisotopic (exact) mass is 525 g/mol. The molecule has 0 aromatic heterocycles. The van der Waals surface area contributed by atoms with E-state index in [9.17, 15) is 10.5 Å². The normalized spacial score (nSPS) is 20.6. The van der Waals surface area contributed by atoms with Gasteiger partial charge in [-0.3, -0.25) is 0 Å². The van der Waals surface area contributed by atoms with Crippen molar-refractivity contribution in [3.8, 4) is 17.9 Å². The van der Waals surface area contributed by atoms with Crippen molar-refractivity contribution in [2.75, 3.05) is 24.6 Å². The summed E-state index contributed by atoms with van der Waals surface area (Å²) in [5.41, 5.74) is 7.75. The van der Waals surface area contributed by atoms with E-state index in [1.807, 2.05) is 0 Å². The maximum Gasteiger partial charge on any atom is 0.132 e. The van der Waals surface area contributed by atoms with Gasteiger partial charge in [-0.1, -0.05) is 86.0 Å². The van der Waals surface area contributed by atoms with E-state index in [0.717, 1.165) is 74.3 Å². The number of nitrogens with zero attached hydrogens (tertiary/aromatic N) is 3. The van der Waals surface area contributed by atoms with Crippen LogP contribution in [0.1, 0.15) is 117 Å². The molecule has 0 amide bonds. The lowest BCUT2D eigenvalue weighted by molar-refractivity contribution is 0.289. The molecule has 4 heteroatoms. The van der Waals surface area contributed by atoms with Crippen molar-refractivity contribution in [1.29, 1.82) is 10.5 Å². The first-order chi connectivity index (χ1) is 18.4. The van der Waals surface area contributed by atoms with Gasteiger partial charge < -0.3 is 9.64 Å². The van der Waals surface area contributed by atoms with Crippen LogP contribution in [0.3, 0.4) is 0 Å². The predicted molar refractivity (Wildman–Crippen MR) is 162 cm³/mol. The zero-order chi connectivity index (χ0) is 28.4. The fraction of sp³-hybridized carbons (Fsp3) is 0.600. The molecule has 0 N–H and O–H groups in total. The third-order valence-electron chi connectivity index (χ3n) is 8.99. The van der Waals surface area contributed by atoms with Crippen LogP contribution in [0.5, 0.6) is 5.75 Å². The van der Waals surface area contributed by atoms with E-state index >= 15 is 0 Å². The molecule has 4 nitrogen and oxygen atoms in total. The second-order valence-corrected chi connectivity index (χ2v) is 13.9. The SMILES string of the molecule is CCCCCCOc1c(/C=C/C2=CC(=C(C#N)C#N)CC(C)(C)C2)cc2c3c1C(C)(C)CCN3CCC2(C)C. The van der Waals surface area contributed by atoms with E-state index in [4.69, 9.17) is 4.74 Å². The molecule has 1 aromatic carbocycles. The zero-order valence-corrected chi connectivity index (χ0v) is 25.3. The lowest BCUT2D eigenvalue weighted by Crippen LogP contribution is -2.45. The number of unbranched alkanes of at least 4 members (excludes halogenated alkanes) is 3. The lowest BCUT2D eigenvalue weighted by Gasteiger charge is -2.49. The van der Waals surface area contributed by atoms with Crippen LogP contribution in [-0.2, 0) is 10.8 Å². The molecule has 0 radical (unpaired) electrons. The molecule has 3 aliphatic rings. The molecular formula is C35H47N3O. The Hall–Kier alpha value is -2.98. The summed E-state index contributed by atoms with van der Waals surface area (Å²) in [6.07, 6.45) is 15.2. The van der Waals surface area contributed by atoms with Crippen LogP contribution in [0.15, 0.2) is 34.9 Å². The fourth-order valence-corrected chi connectivity index (χ4v) is 6.64. The number of anilines is 1. The maximum atomic E-state index is 9.51. The van der Waals surface area contributed by atoms with Gasteiger partial charge in [-0.15, -0.1) is 0 Å². The second-order valence-electron chi connectivity index (χ2n) is 13.9. The third-order valence-corrected chi connectivity index (χ3v) is 8.99. The average Bonchev–Trinajstić information content (AvgIpc) is 2.86. The van der Waals surface area contributed by atoms with Gasteiger partial charge in [-0.05, 0) is 71.1 Å². The first-order valence-corrected chi connectivity index (χ1v) is 14.9. The summed E-state index contributed by atoms with van der Waals surface area (Å²) in [4.78, 5) is 2.60. The standard InChI is InChI=1S/C35H47N3O/c1-8-9-10-11-18-39-32-26(13-12-25-19-27(28(23-36)24-37)22-33(2,3)21-25)20-29-31-30(32)35(6,7)15-17-38(31)16-14-34(29,4)5/h12-13,19-20H,8-11,14-18,21-22H2,1-7H3/b13-12+. The van der Waals surface area contributed by atoms with Crippen molar-refractivity contribution in [3.05, 3.63) is 51.6 Å². The van der Waals surface area contributed by atoms with Crippen LogP contribution < -0.4 is 9.64 Å². The Morgan fingerprint density at radius 1 is 0.949 bits per heavy atom. The van der Waals surface area contributed by atoms with Gasteiger partial charge in [0, 0.05) is 29.9 Å². The van der Waals surface area contributed by atoms with E-state index in [2.05, 4.69) is 89.8 Å². The first kappa shape index (κ1) is 29.0. The van der Waals surface area contributed by atoms with Gasteiger partial charge in [-0.2, -0.15) is 10.5 Å². The number of hydrogen-bond acceptors (Lipinski definition) is 4. The molecule has 0 bridgehead atoms. The first-order valence-electron chi connectivity index (χ1n) is 14.9. The Bertz CT molecular complexity index is 1260. The molecule has 0 spiro atoms. The minimum absolute atomic E-state index is 0.00630. The zero-order valence-electron chi connectivity index (χ0n) is 25.3. The number of nitriles is 2. The summed E-state index contributed by atoms with van der Waals surface area (Å²) >= 11 is 0. The topological polar surface area (TPSA) is 60.0 Å². The summed E-state index contributed by atoms with van der Waals surface area (Å²) in [7, 11) is 0. The van der Waals surface area contributed by atoms with Gasteiger partial charge in [-0.25, -0.2) is 0 Å². The van der Waals surface area contributed by atoms with Crippen molar-refractivity contribution >= 4 is 11.8 Å². The lowest BCUT2D eigenvalue weighted by atomic mass is 9.68. The van der Waals surface area contributed by atoms with E-state index in [0.29, 0.717) is 0 Å².